The van der Waals surface area contributed by atoms with Crippen LogP contribution in [0.4, 0.5) is 0 Å². The number of aryl methyl sites for hydroxylation is 1. The zero-order valence-electron chi connectivity index (χ0n) is 11.3. The second-order valence-electron chi connectivity index (χ2n) is 4.93. The molecule has 0 amide bonds. The lowest BCUT2D eigenvalue weighted by atomic mass is 10.1. The molecule has 17 heavy (non-hydrogen) atoms. The highest BCUT2D eigenvalue weighted by Crippen LogP contribution is 2.05. The Hall–Kier alpha value is -1.51. The molecule has 1 aromatic rings. The molecule has 0 aliphatic rings. The number of nitrogens with two attached hydrogens (primary N) is 1. The van der Waals surface area contributed by atoms with Crippen molar-refractivity contribution in [2.75, 3.05) is 13.6 Å². The van der Waals surface area contributed by atoms with Crippen molar-refractivity contribution >= 4 is 5.96 Å². The molecule has 0 aromatic heterocycles. The Morgan fingerprint density at radius 2 is 1.88 bits per heavy atom. The van der Waals surface area contributed by atoms with Crippen molar-refractivity contribution in [1.29, 1.82) is 0 Å². The zero-order valence-corrected chi connectivity index (χ0v) is 11.3. The molecule has 0 atom stereocenters. The number of nitrogens with zero attached hydrogens (tertiary/aromatic N) is 2. The maximum absolute atomic E-state index is 5.92. The SMILES string of the molecule is Cc1ccc(CN(C)C(N)=NCC(C)C)cc1. The molecule has 1 aromatic carbocycles. The van der Waals surface area contributed by atoms with Crippen molar-refractivity contribution in [3.05, 3.63) is 35.4 Å². The van der Waals surface area contributed by atoms with Crippen LogP contribution in [-0.4, -0.2) is 24.5 Å². The maximum Gasteiger partial charge on any atom is 0.191 e. The topological polar surface area (TPSA) is 41.6 Å². The summed E-state index contributed by atoms with van der Waals surface area (Å²) in [5, 5.41) is 0. The molecule has 0 heterocycles. The Morgan fingerprint density at radius 1 is 1.29 bits per heavy atom. The van der Waals surface area contributed by atoms with Crippen LogP contribution in [0.2, 0.25) is 0 Å². The summed E-state index contributed by atoms with van der Waals surface area (Å²) in [6, 6.07) is 8.48. The van der Waals surface area contributed by atoms with Gasteiger partial charge < -0.3 is 10.6 Å². The Kier molecular flexibility index (Phi) is 5.01. The van der Waals surface area contributed by atoms with Gasteiger partial charge in [0.05, 0.1) is 0 Å². The van der Waals surface area contributed by atoms with E-state index in [4.69, 9.17) is 5.73 Å². The van der Waals surface area contributed by atoms with Gasteiger partial charge in [-0.15, -0.1) is 0 Å². The second-order valence-corrected chi connectivity index (χ2v) is 4.93. The summed E-state index contributed by atoms with van der Waals surface area (Å²) in [6.45, 7) is 7.94. The van der Waals surface area contributed by atoms with Crippen LogP contribution in [0, 0.1) is 12.8 Å². The van der Waals surface area contributed by atoms with Crippen molar-refractivity contribution in [3.63, 3.8) is 0 Å². The Balaban J connectivity index is 2.56. The van der Waals surface area contributed by atoms with E-state index >= 15 is 0 Å². The fraction of sp³-hybridized carbons (Fsp3) is 0.500. The largest absolute Gasteiger partial charge is 0.370 e. The van der Waals surface area contributed by atoms with Gasteiger partial charge in [-0.1, -0.05) is 43.7 Å². The summed E-state index contributed by atoms with van der Waals surface area (Å²) in [4.78, 5) is 6.34. The molecular formula is C14H23N3. The molecule has 3 heteroatoms. The van der Waals surface area contributed by atoms with Crippen LogP contribution in [0.1, 0.15) is 25.0 Å². The highest BCUT2D eigenvalue weighted by molar-refractivity contribution is 5.77. The molecule has 0 fully saturated rings. The van der Waals surface area contributed by atoms with Crippen molar-refractivity contribution < 1.29 is 0 Å². The minimum atomic E-state index is 0.543. The van der Waals surface area contributed by atoms with Crippen LogP contribution in [0.15, 0.2) is 29.3 Å². The molecule has 3 nitrogen and oxygen atoms in total. The van der Waals surface area contributed by atoms with E-state index in [0.717, 1.165) is 13.1 Å². The molecule has 2 N–H and O–H groups in total. The van der Waals surface area contributed by atoms with Crippen LogP contribution in [-0.2, 0) is 6.54 Å². The van der Waals surface area contributed by atoms with E-state index in [1.807, 2.05) is 11.9 Å². The predicted molar refractivity (Wildman–Crippen MR) is 74.0 cm³/mol. The van der Waals surface area contributed by atoms with Gasteiger partial charge in [0.25, 0.3) is 0 Å². The molecule has 0 spiro atoms. The van der Waals surface area contributed by atoms with Crippen molar-refractivity contribution in [2.24, 2.45) is 16.6 Å². The summed E-state index contributed by atoms with van der Waals surface area (Å²) < 4.78 is 0. The smallest absolute Gasteiger partial charge is 0.191 e. The first kappa shape index (κ1) is 13.6. The van der Waals surface area contributed by atoms with E-state index in [1.165, 1.54) is 11.1 Å². The summed E-state index contributed by atoms with van der Waals surface area (Å²) >= 11 is 0. The Bertz CT molecular complexity index is 366. The summed E-state index contributed by atoms with van der Waals surface area (Å²) in [7, 11) is 1.97. The molecule has 94 valence electrons. The van der Waals surface area contributed by atoms with E-state index in [-0.39, 0.29) is 0 Å². The van der Waals surface area contributed by atoms with E-state index in [0.29, 0.717) is 11.9 Å². The molecule has 0 aliphatic heterocycles. The van der Waals surface area contributed by atoms with Crippen LogP contribution >= 0.6 is 0 Å². The standard InChI is InChI=1S/C14H23N3/c1-11(2)9-16-14(15)17(4)10-13-7-5-12(3)6-8-13/h5-8,11H,9-10H2,1-4H3,(H2,15,16). The first-order valence-corrected chi connectivity index (χ1v) is 6.05. The minimum absolute atomic E-state index is 0.543. The lowest BCUT2D eigenvalue weighted by molar-refractivity contribution is 0.489. The maximum atomic E-state index is 5.92. The summed E-state index contributed by atoms with van der Waals surface area (Å²) in [6.07, 6.45) is 0. The van der Waals surface area contributed by atoms with E-state index in [9.17, 15) is 0 Å². The molecule has 0 bridgehead atoms. The van der Waals surface area contributed by atoms with Gasteiger partial charge in [-0.3, -0.25) is 4.99 Å². The molecule has 0 saturated heterocycles. The Labute approximate surface area is 104 Å². The quantitative estimate of drug-likeness (QED) is 0.641. The highest BCUT2D eigenvalue weighted by Gasteiger charge is 2.03. The summed E-state index contributed by atoms with van der Waals surface area (Å²) in [5.74, 6) is 1.15. The fourth-order valence-corrected chi connectivity index (χ4v) is 1.45. The summed E-state index contributed by atoms with van der Waals surface area (Å²) in [5.41, 5.74) is 8.45. The average Bonchev–Trinajstić information content (AvgIpc) is 2.28. The molecule has 0 aliphatic carbocycles. The second kappa shape index (κ2) is 6.28. The molecule has 0 radical (unpaired) electrons. The van der Waals surface area contributed by atoms with Gasteiger partial charge in [0.2, 0.25) is 0 Å². The molecule has 0 unspecified atom stereocenters. The van der Waals surface area contributed by atoms with Crippen LogP contribution in [0.25, 0.3) is 0 Å². The van der Waals surface area contributed by atoms with Crippen LogP contribution in [0.3, 0.4) is 0 Å². The number of hydrogen-bond acceptors (Lipinski definition) is 1. The van der Waals surface area contributed by atoms with Gasteiger partial charge in [0.15, 0.2) is 5.96 Å². The number of aliphatic imine (C=N–C) groups is 1. The van der Waals surface area contributed by atoms with Gasteiger partial charge in [-0.05, 0) is 18.4 Å². The third kappa shape index (κ3) is 4.89. The van der Waals surface area contributed by atoms with E-state index < -0.39 is 0 Å². The third-order valence-corrected chi connectivity index (χ3v) is 2.55. The fourth-order valence-electron chi connectivity index (χ4n) is 1.45. The number of rotatable bonds is 4. The van der Waals surface area contributed by atoms with Gasteiger partial charge in [0.1, 0.15) is 0 Å². The van der Waals surface area contributed by atoms with Gasteiger partial charge in [0, 0.05) is 20.1 Å². The first-order valence-electron chi connectivity index (χ1n) is 6.05. The number of benzene rings is 1. The van der Waals surface area contributed by atoms with Gasteiger partial charge in [-0.2, -0.15) is 0 Å². The van der Waals surface area contributed by atoms with Crippen LogP contribution in [0.5, 0.6) is 0 Å². The predicted octanol–water partition coefficient (Wildman–Crippen LogP) is 2.40. The minimum Gasteiger partial charge on any atom is -0.370 e. The number of guanidine groups is 1. The molecule has 0 saturated carbocycles. The van der Waals surface area contributed by atoms with Crippen molar-refractivity contribution in [3.8, 4) is 0 Å². The van der Waals surface area contributed by atoms with Crippen LogP contribution < -0.4 is 5.73 Å². The number of hydrogen-bond donors (Lipinski definition) is 1. The lowest BCUT2D eigenvalue weighted by Crippen LogP contribution is -2.33. The molecule has 1 rings (SSSR count). The van der Waals surface area contributed by atoms with E-state index in [1.54, 1.807) is 0 Å². The van der Waals surface area contributed by atoms with Crippen molar-refractivity contribution in [1.82, 2.24) is 4.90 Å². The van der Waals surface area contributed by atoms with Crippen molar-refractivity contribution in [2.45, 2.75) is 27.3 Å². The average molecular weight is 233 g/mol. The first-order chi connectivity index (χ1) is 7.99. The monoisotopic (exact) mass is 233 g/mol. The van der Waals surface area contributed by atoms with Gasteiger partial charge in [-0.25, -0.2) is 0 Å². The Morgan fingerprint density at radius 3 is 2.41 bits per heavy atom. The third-order valence-electron chi connectivity index (χ3n) is 2.55. The van der Waals surface area contributed by atoms with E-state index in [2.05, 4.69) is 50.0 Å². The normalized spacial score (nSPS) is 11.9. The highest BCUT2D eigenvalue weighted by atomic mass is 15.2. The molecular weight excluding hydrogens is 210 g/mol. The zero-order chi connectivity index (χ0) is 12.8. The van der Waals surface area contributed by atoms with Gasteiger partial charge >= 0.3 is 0 Å². The lowest BCUT2D eigenvalue weighted by Gasteiger charge is -2.18.